The monoisotopic (exact) mass is 333 g/mol. The second-order valence-electron chi connectivity index (χ2n) is 5.09. The highest BCUT2D eigenvalue weighted by atomic mass is 35.5. The van der Waals surface area contributed by atoms with Gasteiger partial charge in [-0.25, -0.2) is 0 Å². The highest BCUT2D eigenvalue weighted by Gasteiger charge is 2.06. The van der Waals surface area contributed by atoms with E-state index in [1.165, 1.54) is 0 Å². The molecule has 0 saturated heterocycles. The van der Waals surface area contributed by atoms with Crippen molar-refractivity contribution in [2.45, 2.75) is 19.4 Å². The third-order valence-corrected chi connectivity index (χ3v) is 3.56. The maximum absolute atomic E-state index is 12.0. The summed E-state index contributed by atoms with van der Waals surface area (Å²) in [5.74, 6) is 0.652. The number of amides is 1. The quantitative estimate of drug-likeness (QED) is 0.781. The van der Waals surface area contributed by atoms with Gasteiger partial charge in [-0.2, -0.15) is 0 Å². The molecule has 0 heterocycles. The van der Waals surface area contributed by atoms with Gasteiger partial charge in [0, 0.05) is 23.6 Å². The van der Waals surface area contributed by atoms with E-state index in [9.17, 15) is 4.79 Å². The van der Waals surface area contributed by atoms with Crippen molar-refractivity contribution in [3.05, 3.63) is 64.7 Å². The third kappa shape index (κ3) is 5.93. The molecule has 1 amide bonds. The fraction of sp³-hybridized carbons (Fsp3) is 0.278. The topological polar surface area (TPSA) is 58.6 Å². The lowest BCUT2D eigenvalue weighted by Gasteiger charge is -2.11. The van der Waals surface area contributed by atoms with E-state index in [0.717, 1.165) is 11.1 Å². The maximum atomic E-state index is 12.0. The van der Waals surface area contributed by atoms with Crippen LogP contribution in [-0.2, 0) is 17.8 Å². The molecule has 5 heteroatoms. The Balaban J connectivity index is 1.82. The number of rotatable bonds is 8. The number of aliphatic hydroxyl groups is 1. The Hall–Kier alpha value is -2.04. The first-order valence-corrected chi connectivity index (χ1v) is 7.89. The summed E-state index contributed by atoms with van der Waals surface area (Å²) in [4.78, 5) is 12.0. The molecule has 2 aromatic carbocycles. The zero-order chi connectivity index (χ0) is 16.5. The van der Waals surface area contributed by atoms with Crippen molar-refractivity contribution >= 4 is 17.5 Å². The first-order chi connectivity index (χ1) is 11.2. The lowest BCUT2D eigenvalue weighted by Crippen LogP contribution is -2.23. The summed E-state index contributed by atoms with van der Waals surface area (Å²) in [5.41, 5.74) is 1.93. The van der Waals surface area contributed by atoms with E-state index in [0.29, 0.717) is 30.2 Å². The van der Waals surface area contributed by atoms with Crippen LogP contribution in [0.5, 0.6) is 5.75 Å². The zero-order valence-electron chi connectivity index (χ0n) is 12.8. The Morgan fingerprint density at radius 2 is 2.00 bits per heavy atom. The highest BCUT2D eigenvalue weighted by Crippen LogP contribution is 2.17. The normalized spacial score (nSPS) is 10.3. The number of halogens is 1. The van der Waals surface area contributed by atoms with Crippen LogP contribution in [0.4, 0.5) is 0 Å². The molecule has 4 nitrogen and oxygen atoms in total. The number of hydrogen-bond donors (Lipinski definition) is 2. The van der Waals surface area contributed by atoms with Crippen LogP contribution in [0.2, 0.25) is 5.02 Å². The molecular weight excluding hydrogens is 314 g/mol. The van der Waals surface area contributed by atoms with E-state index in [4.69, 9.17) is 21.4 Å². The van der Waals surface area contributed by atoms with Crippen molar-refractivity contribution in [2.24, 2.45) is 0 Å². The van der Waals surface area contributed by atoms with Crippen LogP contribution in [0.3, 0.4) is 0 Å². The molecule has 0 aliphatic heterocycles. The van der Waals surface area contributed by atoms with Crippen molar-refractivity contribution in [3.63, 3.8) is 0 Å². The van der Waals surface area contributed by atoms with Crippen molar-refractivity contribution in [3.8, 4) is 5.75 Å². The van der Waals surface area contributed by atoms with Gasteiger partial charge >= 0.3 is 0 Å². The van der Waals surface area contributed by atoms with Crippen molar-refractivity contribution in [2.75, 3.05) is 13.2 Å². The second kappa shape index (κ2) is 9.18. The van der Waals surface area contributed by atoms with Gasteiger partial charge < -0.3 is 15.2 Å². The van der Waals surface area contributed by atoms with Gasteiger partial charge in [-0.1, -0.05) is 41.9 Å². The minimum absolute atomic E-state index is 0.0260. The van der Waals surface area contributed by atoms with Gasteiger partial charge in [0.15, 0.2) is 0 Å². The molecule has 0 fully saturated rings. The average molecular weight is 334 g/mol. The summed E-state index contributed by atoms with van der Waals surface area (Å²) >= 11 is 5.93. The zero-order valence-corrected chi connectivity index (χ0v) is 13.6. The Bertz CT molecular complexity index is 646. The first kappa shape index (κ1) is 17.3. The van der Waals surface area contributed by atoms with Crippen LogP contribution in [0.25, 0.3) is 0 Å². The Morgan fingerprint density at radius 1 is 1.17 bits per heavy atom. The molecule has 2 rings (SSSR count). The van der Waals surface area contributed by atoms with Gasteiger partial charge in [0.25, 0.3) is 0 Å². The number of aliphatic hydroxyl groups excluding tert-OH is 1. The van der Waals surface area contributed by atoms with Crippen LogP contribution in [0, 0.1) is 0 Å². The summed E-state index contributed by atoms with van der Waals surface area (Å²) in [6.45, 7) is 0.593. The first-order valence-electron chi connectivity index (χ1n) is 7.52. The summed E-state index contributed by atoms with van der Waals surface area (Å²) < 4.78 is 5.45. The minimum atomic E-state index is -0.0413. The third-order valence-electron chi connectivity index (χ3n) is 3.33. The largest absolute Gasteiger partial charge is 0.491 e. The molecule has 0 saturated carbocycles. The summed E-state index contributed by atoms with van der Waals surface area (Å²) in [7, 11) is 0. The molecule has 122 valence electrons. The predicted octanol–water partition coefficient (Wildman–Crippen LogP) is 2.96. The second-order valence-corrected chi connectivity index (χ2v) is 5.52. The summed E-state index contributed by atoms with van der Waals surface area (Å²) in [6.07, 6.45) is 1.05. The molecule has 0 aliphatic carbocycles. The smallest absolute Gasteiger partial charge is 0.220 e. The fourth-order valence-corrected chi connectivity index (χ4v) is 2.39. The molecular formula is C18H20ClNO3. The van der Waals surface area contributed by atoms with Crippen LogP contribution >= 0.6 is 11.6 Å². The van der Waals surface area contributed by atoms with Gasteiger partial charge in [-0.15, -0.1) is 0 Å². The molecule has 0 unspecified atom stereocenters. The van der Waals surface area contributed by atoms with Gasteiger partial charge in [-0.3, -0.25) is 4.79 Å². The number of ether oxygens (including phenoxy) is 1. The fourth-order valence-electron chi connectivity index (χ4n) is 2.18. The molecule has 0 atom stereocenters. The van der Waals surface area contributed by atoms with E-state index in [1.54, 1.807) is 0 Å². The van der Waals surface area contributed by atoms with Crippen LogP contribution < -0.4 is 10.1 Å². The molecule has 2 aromatic rings. The van der Waals surface area contributed by atoms with Crippen LogP contribution in [-0.4, -0.2) is 24.2 Å². The number of aryl methyl sites for hydroxylation is 1. The lowest BCUT2D eigenvalue weighted by molar-refractivity contribution is -0.121. The number of carbonyl (C=O) groups is 1. The standard InChI is InChI=1S/C18H20ClNO3/c19-16-6-3-4-14(12-16)8-9-18(22)20-13-15-5-1-2-7-17(15)23-11-10-21/h1-7,12,21H,8-11,13H2,(H,20,22). The minimum Gasteiger partial charge on any atom is -0.491 e. The maximum Gasteiger partial charge on any atom is 0.220 e. The number of para-hydroxylation sites is 1. The predicted molar refractivity (Wildman–Crippen MR) is 90.6 cm³/mol. The van der Waals surface area contributed by atoms with Gasteiger partial charge in [-0.05, 0) is 30.2 Å². The summed E-state index contributed by atoms with van der Waals surface area (Å²) in [6, 6.07) is 15.0. The molecule has 0 aliphatic rings. The molecule has 0 bridgehead atoms. The van der Waals surface area contributed by atoms with E-state index >= 15 is 0 Å². The number of nitrogens with one attached hydrogen (secondary N) is 1. The van der Waals surface area contributed by atoms with Crippen molar-refractivity contribution in [1.82, 2.24) is 5.32 Å². The molecule has 0 radical (unpaired) electrons. The van der Waals surface area contributed by atoms with Crippen LogP contribution in [0.15, 0.2) is 48.5 Å². The number of benzene rings is 2. The Kier molecular flexibility index (Phi) is 6.91. The molecule has 23 heavy (non-hydrogen) atoms. The van der Waals surface area contributed by atoms with E-state index in [2.05, 4.69) is 5.32 Å². The highest BCUT2D eigenvalue weighted by molar-refractivity contribution is 6.30. The average Bonchev–Trinajstić information content (AvgIpc) is 2.57. The van der Waals surface area contributed by atoms with E-state index in [-0.39, 0.29) is 19.1 Å². The SMILES string of the molecule is O=C(CCc1cccc(Cl)c1)NCc1ccccc1OCCO. The summed E-state index contributed by atoms with van der Waals surface area (Å²) in [5, 5.41) is 12.4. The lowest BCUT2D eigenvalue weighted by atomic mass is 10.1. The van der Waals surface area contributed by atoms with Crippen molar-refractivity contribution in [1.29, 1.82) is 0 Å². The van der Waals surface area contributed by atoms with E-state index in [1.807, 2.05) is 48.5 Å². The van der Waals surface area contributed by atoms with Gasteiger partial charge in [0.1, 0.15) is 12.4 Å². The van der Waals surface area contributed by atoms with E-state index < -0.39 is 0 Å². The van der Waals surface area contributed by atoms with Gasteiger partial charge in [0.05, 0.1) is 6.61 Å². The molecule has 0 aromatic heterocycles. The molecule has 0 spiro atoms. The van der Waals surface area contributed by atoms with Gasteiger partial charge in [0.2, 0.25) is 5.91 Å². The molecule has 2 N–H and O–H groups in total. The number of carbonyl (C=O) groups excluding carboxylic acids is 1. The van der Waals surface area contributed by atoms with Crippen LogP contribution in [0.1, 0.15) is 17.5 Å². The Morgan fingerprint density at radius 3 is 2.78 bits per heavy atom. The Labute approximate surface area is 141 Å². The van der Waals surface area contributed by atoms with Crippen molar-refractivity contribution < 1.29 is 14.6 Å². The number of hydrogen-bond acceptors (Lipinski definition) is 3.